The van der Waals surface area contributed by atoms with Gasteiger partial charge < -0.3 is 24.5 Å². The van der Waals surface area contributed by atoms with E-state index in [1.807, 2.05) is 43.7 Å². The number of pyridine rings is 1. The molecule has 4 aromatic rings. The summed E-state index contributed by atoms with van der Waals surface area (Å²) in [5.41, 5.74) is 10.3. The Morgan fingerprint density at radius 3 is 2.47 bits per heavy atom. The minimum absolute atomic E-state index is 0.0250. The maximum atomic E-state index is 13.6. The second kappa shape index (κ2) is 16.3. The fraction of sp³-hybridized carbons (Fsp3) is 0.371. The molecule has 12 heteroatoms. The number of ether oxygens (including phenoxy) is 3. The first-order chi connectivity index (χ1) is 22.6. The van der Waals surface area contributed by atoms with Gasteiger partial charge >= 0.3 is 12.1 Å². The van der Waals surface area contributed by atoms with Crippen LogP contribution < -0.4 is 15.4 Å². The van der Waals surface area contributed by atoms with E-state index in [1.165, 1.54) is 12.0 Å². The molecule has 2 amide bonds. The lowest BCUT2D eigenvalue weighted by molar-refractivity contribution is -0.140. The van der Waals surface area contributed by atoms with Crippen LogP contribution in [-0.2, 0) is 27.9 Å². The van der Waals surface area contributed by atoms with Crippen molar-refractivity contribution in [2.24, 2.45) is 17.8 Å². The summed E-state index contributed by atoms with van der Waals surface area (Å²) in [4.78, 5) is 52.0. The molecule has 2 N–H and O–H groups in total. The number of hydrogen-bond acceptors (Lipinski definition) is 8. The smallest absolute Gasteiger partial charge is 0.435 e. The molecule has 0 unspecified atom stereocenters. The van der Waals surface area contributed by atoms with Crippen LogP contribution in [0.1, 0.15) is 71.9 Å². The van der Waals surface area contributed by atoms with Crippen LogP contribution in [0.15, 0.2) is 59.7 Å². The third kappa shape index (κ3) is 8.93. The lowest BCUT2D eigenvalue weighted by atomic mass is 10.0. The zero-order valence-electron chi connectivity index (χ0n) is 27.6. The lowest BCUT2D eigenvalue weighted by Crippen LogP contribution is -2.33. The van der Waals surface area contributed by atoms with Crippen molar-refractivity contribution >= 4 is 40.7 Å². The largest absolute Gasteiger partial charge is 0.486 e. The van der Waals surface area contributed by atoms with Gasteiger partial charge in [-0.15, -0.1) is 0 Å². The summed E-state index contributed by atoms with van der Waals surface area (Å²) in [6.07, 6.45) is 4.92. The Morgan fingerprint density at radius 2 is 1.79 bits per heavy atom. The Morgan fingerprint density at radius 1 is 1.02 bits per heavy atom. The second-order valence-electron chi connectivity index (χ2n) is 11.2. The molecule has 0 aliphatic rings. The summed E-state index contributed by atoms with van der Waals surface area (Å²) in [5, 5.41) is 0. The molecular formula is C35H42N6O6. The van der Waals surface area contributed by atoms with Gasteiger partial charge in [0.2, 0.25) is 0 Å². The van der Waals surface area contributed by atoms with Crippen molar-refractivity contribution in [3.8, 4) is 5.75 Å². The molecule has 47 heavy (non-hydrogen) atoms. The number of aryl methyl sites for hydroxylation is 3. The number of rotatable bonds is 14. The van der Waals surface area contributed by atoms with E-state index >= 15 is 0 Å². The molecule has 2 aromatic carbocycles. The van der Waals surface area contributed by atoms with E-state index in [-0.39, 0.29) is 31.3 Å². The molecule has 12 nitrogen and oxygen atoms in total. The van der Waals surface area contributed by atoms with Crippen LogP contribution in [0.4, 0.5) is 10.6 Å². The van der Waals surface area contributed by atoms with Gasteiger partial charge in [0.05, 0.1) is 31.2 Å². The van der Waals surface area contributed by atoms with Gasteiger partial charge in [0.1, 0.15) is 29.8 Å². The van der Waals surface area contributed by atoms with Gasteiger partial charge in [0.25, 0.3) is 5.91 Å². The highest BCUT2D eigenvalue weighted by molar-refractivity contribution is 6.07. The lowest BCUT2D eigenvalue weighted by Gasteiger charge is -2.21. The van der Waals surface area contributed by atoms with Crippen LogP contribution in [0.3, 0.4) is 0 Å². The molecule has 0 fully saturated rings. The highest BCUT2D eigenvalue weighted by Crippen LogP contribution is 2.25. The van der Waals surface area contributed by atoms with Crippen LogP contribution in [0.25, 0.3) is 11.0 Å². The third-order valence-corrected chi connectivity index (χ3v) is 7.72. The monoisotopic (exact) mass is 642 g/mol. The minimum atomic E-state index is -0.699. The quantitative estimate of drug-likeness (QED) is 0.0779. The van der Waals surface area contributed by atoms with Gasteiger partial charge in [-0.1, -0.05) is 32.3 Å². The summed E-state index contributed by atoms with van der Waals surface area (Å²) in [6.45, 7) is 6.47. The van der Waals surface area contributed by atoms with E-state index in [0.717, 1.165) is 42.3 Å². The first-order valence-electron chi connectivity index (χ1n) is 15.6. The molecular weight excluding hydrogens is 600 g/mol. The molecule has 4 rings (SSSR count). The van der Waals surface area contributed by atoms with Crippen LogP contribution in [0.5, 0.6) is 5.75 Å². The van der Waals surface area contributed by atoms with Gasteiger partial charge in [0.15, 0.2) is 0 Å². The molecule has 2 heterocycles. The summed E-state index contributed by atoms with van der Waals surface area (Å²) in [6, 6.07) is 14.2. The van der Waals surface area contributed by atoms with Gasteiger partial charge in [-0.3, -0.25) is 14.5 Å². The van der Waals surface area contributed by atoms with E-state index in [4.69, 9.17) is 24.9 Å². The Balaban J connectivity index is 1.47. The van der Waals surface area contributed by atoms with E-state index in [9.17, 15) is 14.4 Å². The predicted molar refractivity (Wildman–Crippen MR) is 180 cm³/mol. The molecule has 0 bridgehead atoms. The Labute approximate surface area is 274 Å². The van der Waals surface area contributed by atoms with Crippen molar-refractivity contribution in [2.75, 3.05) is 25.2 Å². The Kier molecular flexibility index (Phi) is 12.0. The highest BCUT2D eigenvalue weighted by atomic mass is 16.5. The van der Waals surface area contributed by atoms with Crippen LogP contribution in [0, 0.1) is 13.8 Å². The predicted octanol–water partition coefficient (Wildman–Crippen LogP) is 5.80. The molecule has 0 radical (unpaired) electrons. The fourth-order valence-electron chi connectivity index (χ4n) is 5.24. The molecule has 0 spiro atoms. The van der Waals surface area contributed by atoms with Crippen molar-refractivity contribution in [2.45, 2.75) is 59.5 Å². The summed E-state index contributed by atoms with van der Waals surface area (Å²) < 4.78 is 18.0. The van der Waals surface area contributed by atoms with Crippen molar-refractivity contribution in [3.63, 3.8) is 0 Å². The number of nitrogens with zero attached hydrogens (tertiary/aromatic N) is 5. The van der Waals surface area contributed by atoms with Crippen molar-refractivity contribution in [1.82, 2.24) is 14.5 Å². The van der Waals surface area contributed by atoms with Crippen LogP contribution in [0.2, 0.25) is 0 Å². The van der Waals surface area contributed by atoms with Crippen LogP contribution >= 0.6 is 0 Å². The average molecular weight is 643 g/mol. The van der Waals surface area contributed by atoms with Gasteiger partial charge in [-0.25, -0.2) is 14.8 Å². The number of aliphatic imine (C=N–C) groups is 1. The number of hydrogen-bond donors (Lipinski definition) is 1. The normalized spacial score (nSPS) is 11.4. The summed E-state index contributed by atoms with van der Waals surface area (Å²) in [7, 11) is 3.19. The number of amides is 2. The molecule has 0 aliphatic carbocycles. The fourth-order valence-corrected chi connectivity index (χ4v) is 5.24. The second-order valence-corrected chi connectivity index (χ2v) is 11.2. The number of aromatic nitrogens is 3. The number of carbonyl (C=O) groups excluding carboxylic acids is 3. The highest BCUT2D eigenvalue weighted by Gasteiger charge is 2.22. The first-order valence-corrected chi connectivity index (χ1v) is 15.6. The van der Waals surface area contributed by atoms with Gasteiger partial charge in [0, 0.05) is 30.9 Å². The van der Waals surface area contributed by atoms with E-state index in [1.54, 1.807) is 36.5 Å². The van der Waals surface area contributed by atoms with E-state index in [0.29, 0.717) is 40.6 Å². The average Bonchev–Trinajstić information content (AvgIpc) is 3.37. The molecule has 0 aliphatic heterocycles. The maximum Gasteiger partial charge on any atom is 0.435 e. The number of amidine groups is 1. The number of benzene rings is 2. The van der Waals surface area contributed by atoms with Gasteiger partial charge in [-0.2, -0.15) is 4.99 Å². The molecule has 0 saturated carbocycles. The number of unbranched alkanes of at least 4 members (excludes halogenated alkanes) is 3. The van der Waals surface area contributed by atoms with Crippen molar-refractivity contribution in [3.05, 3.63) is 82.8 Å². The Hall–Kier alpha value is -5.26. The number of anilines is 1. The van der Waals surface area contributed by atoms with Gasteiger partial charge in [-0.05, 0) is 73.9 Å². The number of esters is 1. The number of nitrogens with two attached hydrogens (primary N) is 1. The van der Waals surface area contributed by atoms with Crippen molar-refractivity contribution in [1.29, 1.82) is 0 Å². The van der Waals surface area contributed by atoms with E-state index < -0.39 is 12.1 Å². The standard InChI is InChI=1S/C35H42N6O6/c1-6-7-8-11-18-46-35(44)39-33(36)32-23(2)19-26(20-24(32)3)47-22-30-38-27-21-25(13-14-28(27)40(30)4)34(43)41(17-15-31(42)45-5)29-12-9-10-16-37-29/h9-10,12-14,16,19-21H,6-8,11,15,17-18,22H2,1-5H3,(H2,36,39,44). The van der Waals surface area contributed by atoms with Crippen molar-refractivity contribution < 1.29 is 28.6 Å². The zero-order valence-corrected chi connectivity index (χ0v) is 27.6. The molecule has 0 saturated heterocycles. The Bertz CT molecular complexity index is 1730. The third-order valence-electron chi connectivity index (χ3n) is 7.72. The number of fused-ring (bicyclic) bond motifs is 1. The summed E-state index contributed by atoms with van der Waals surface area (Å²) in [5.74, 6) is 1.05. The molecule has 2 aromatic heterocycles. The zero-order chi connectivity index (χ0) is 33.9. The topological polar surface area (TPSA) is 151 Å². The SMILES string of the molecule is CCCCCCOC(=O)/N=C(/N)c1c(C)cc(OCc2nc3cc(C(=O)N(CCC(=O)OC)c4ccccn4)ccc3n2C)cc1C. The van der Waals surface area contributed by atoms with Crippen LogP contribution in [-0.4, -0.2) is 58.6 Å². The number of imidazole rings is 1. The minimum Gasteiger partial charge on any atom is -0.486 e. The molecule has 248 valence electrons. The summed E-state index contributed by atoms with van der Waals surface area (Å²) >= 11 is 0. The maximum absolute atomic E-state index is 13.6. The van der Waals surface area contributed by atoms with E-state index in [2.05, 4.69) is 16.9 Å². The number of methoxy groups -OCH3 is 1. The first kappa shape index (κ1) is 34.6. The molecule has 0 atom stereocenters. The number of carbonyl (C=O) groups is 3.